The molecule has 0 saturated heterocycles. The Kier molecular flexibility index (Phi) is 4.06. The molecule has 0 spiro atoms. The van der Waals surface area contributed by atoms with Crippen molar-refractivity contribution in [3.8, 4) is 12.1 Å². The number of hydrogen-bond donors (Lipinski definition) is 1. The van der Waals surface area contributed by atoms with Gasteiger partial charge in [-0.15, -0.1) is 0 Å². The molecule has 0 aromatic heterocycles. The summed E-state index contributed by atoms with van der Waals surface area (Å²) in [5.74, 6) is 0. The van der Waals surface area contributed by atoms with Crippen molar-refractivity contribution in [3.63, 3.8) is 0 Å². The summed E-state index contributed by atoms with van der Waals surface area (Å²) in [4.78, 5) is 0. The van der Waals surface area contributed by atoms with Gasteiger partial charge >= 0.3 is 0 Å². The third-order valence-corrected chi connectivity index (χ3v) is 3.31. The number of nitrogens with zero attached hydrogens (tertiary/aromatic N) is 2. The molecule has 0 amide bonds. The van der Waals surface area contributed by atoms with Crippen LogP contribution in [-0.2, 0) is 0 Å². The molecule has 0 aliphatic carbocycles. The summed E-state index contributed by atoms with van der Waals surface area (Å²) in [6.07, 6.45) is 0. The van der Waals surface area contributed by atoms with Crippen LogP contribution in [0.3, 0.4) is 0 Å². The predicted molar refractivity (Wildman–Crippen MR) is 78.3 cm³/mol. The molecular weight excluding hydrogens is 326 g/mol. The fourth-order valence-corrected chi connectivity index (χ4v) is 2.18. The van der Waals surface area contributed by atoms with E-state index in [1.54, 1.807) is 36.4 Å². The first-order valence-electron chi connectivity index (χ1n) is 5.31. The SMILES string of the molecule is N#Cc1ccc(Br)cc1Nc1cccc(Cl)c1C#N. The van der Waals surface area contributed by atoms with Crippen molar-refractivity contribution in [2.45, 2.75) is 0 Å². The van der Waals surface area contributed by atoms with E-state index in [4.69, 9.17) is 22.1 Å². The molecule has 0 aliphatic heterocycles. The van der Waals surface area contributed by atoms with Crippen molar-refractivity contribution in [2.75, 3.05) is 5.32 Å². The van der Waals surface area contributed by atoms with Crippen LogP contribution in [0.2, 0.25) is 5.02 Å². The van der Waals surface area contributed by atoms with E-state index in [0.717, 1.165) is 4.47 Å². The summed E-state index contributed by atoms with van der Waals surface area (Å²) in [6.45, 7) is 0. The summed E-state index contributed by atoms with van der Waals surface area (Å²) >= 11 is 9.31. The van der Waals surface area contributed by atoms with Crippen LogP contribution in [-0.4, -0.2) is 0 Å². The largest absolute Gasteiger partial charge is 0.353 e. The van der Waals surface area contributed by atoms with Crippen LogP contribution in [0.5, 0.6) is 0 Å². The fourth-order valence-electron chi connectivity index (χ4n) is 1.60. The number of hydrogen-bond acceptors (Lipinski definition) is 3. The maximum absolute atomic E-state index is 9.11. The zero-order chi connectivity index (χ0) is 13.8. The third-order valence-electron chi connectivity index (χ3n) is 2.50. The molecule has 1 N–H and O–H groups in total. The molecule has 3 nitrogen and oxygen atoms in total. The molecule has 0 bridgehead atoms. The average molecular weight is 333 g/mol. The van der Waals surface area contributed by atoms with Crippen LogP contribution in [0.15, 0.2) is 40.9 Å². The summed E-state index contributed by atoms with van der Waals surface area (Å²) in [5, 5.41) is 21.6. The topological polar surface area (TPSA) is 59.6 Å². The molecule has 2 rings (SSSR count). The maximum atomic E-state index is 9.11. The Morgan fingerprint density at radius 1 is 1.05 bits per heavy atom. The van der Waals surface area contributed by atoms with Gasteiger partial charge in [0.1, 0.15) is 12.1 Å². The molecule has 0 heterocycles. The highest BCUT2D eigenvalue weighted by Crippen LogP contribution is 2.29. The highest BCUT2D eigenvalue weighted by Gasteiger charge is 2.09. The fraction of sp³-hybridized carbons (Fsp3) is 0. The second-order valence-electron chi connectivity index (χ2n) is 3.70. The van der Waals surface area contributed by atoms with E-state index in [1.165, 1.54) is 0 Å². The average Bonchev–Trinajstić information content (AvgIpc) is 2.39. The third kappa shape index (κ3) is 2.88. The molecule has 19 heavy (non-hydrogen) atoms. The summed E-state index contributed by atoms with van der Waals surface area (Å²) in [5.41, 5.74) is 2.04. The Hall–Kier alpha value is -2.01. The van der Waals surface area contributed by atoms with Crippen molar-refractivity contribution >= 4 is 38.9 Å². The van der Waals surface area contributed by atoms with Crippen LogP contribution < -0.4 is 5.32 Å². The molecule has 5 heteroatoms. The molecule has 0 saturated carbocycles. The molecule has 0 unspecified atom stereocenters. The molecular formula is C14H7BrClN3. The van der Waals surface area contributed by atoms with E-state index < -0.39 is 0 Å². The first kappa shape index (κ1) is 13.4. The van der Waals surface area contributed by atoms with Gasteiger partial charge in [-0.3, -0.25) is 0 Å². The van der Waals surface area contributed by atoms with Crippen LogP contribution in [0.1, 0.15) is 11.1 Å². The number of nitriles is 2. The van der Waals surface area contributed by atoms with Gasteiger partial charge in [-0.25, -0.2) is 0 Å². The van der Waals surface area contributed by atoms with E-state index in [-0.39, 0.29) is 0 Å². The second-order valence-corrected chi connectivity index (χ2v) is 5.02. The van der Waals surface area contributed by atoms with Crippen molar-refractivity contribution in [2.24, 2.45) is 0 Å². The van der Waals surface area contributed by atoms with Gasteiger partial charge in [0.05, 0.1) is 27.5 Å². The Morgan fingerprint density at radius 3 is 2.53 bits per heavy atom. The summed E-state index contributed by atoms with van der Waals surface area (Å²) in [7, 11) is 0. The number of anilines is 2. The van der Waals surface area contributed by atoms with Gasteiger partial charge in [0.25, 0.3) is 0 Å². The Labute approximate surface area is 124 Å². The lowest BCUT2D eigenvalue weighted by molar-refractivity contribution is 1.43. The lowest BCUT2D eigenvalue weighted by Gasteiger charge is -2.11. The maximum Gasteiger partial charge on any atom is 0.103 e. The van der Waals surface area contributed by atoms with Crippen LogP contribution in [0.25, 0.3) is 0 Å². The molecule has 2 aromatic carbocycles. The van der Waals surface area contributed by atoms with Gasteiger partial charge in [-0.05, 0) is 30.3 Å². The normalized spacial score (nSPS) is 9.47. The van der Waals surface area contributed by atoms with Crippen molar-refractivity contribution in [3.05, 3.63) is 57.0 Å². The molecule has 2 aromatic rings. The highest BCUT2D eigenvalue weighted by molar-refractivity contribution is 9.10. The predicted octanol–water partition coefficient (Wildman–Crippen LogP) is 4.59. The molecule has 0 radical (unpaired) electrons. The van der Waals surface area contributed by atoms with Gasteiger partial charge in [0.15, 0.2) is 0 Å². The minimum absolute atomic E-state index is 0.355. The quantitative estimate of drug-likeness (QED) is 0.875. The van der Waals surface area contributed by atoms with E-state index in [0.29, 0.717) is 27.5 Å². The Morgan fingerprint density at radius 2 is 1.84 bits per heavy atom. The number of nitrogens with one attached hydrogen (secondary N) is 1. The Balaban J connectivity index is 2.49. The summed E-state index contributed by atoms with van der Waals surface area (Å²) < 4.78 is 0.842. The lowest BCUT2D eigenvalue weighted by Crippen LogP contribution is -1.96. The first-order chi connectivity index (χ1) is 9.15. The smallest absolute Gasteiger partial charge is 0.103 e. The van der Waals surface area contributed by atoms with Crippen LogP contribution in [0, 0.1) is 22.7 Å². The number of benzene rings is 2. The molecule has 92 valence electrons. The lowest BCUT2D eigenvalue weighted by atomic mass is 10.1. The molecule has 0 aliphatic rings. The van der Waals surface area contributed by atoms with Gasteiger partial charge in [-0.1, -0.05) is 33.6 Å². The highest BCUT2D eigenvalue weighted by atomic mass is 79.9. The summed E-state index contributed by atoms with van der Waals surface area (Å²) in [6, 6.07) is 14.5. The van der Waals surface area contributed by atoms with Gasteiger partial charge in [0, 0.05) is 4.47 Å². The van der Waals surface area contributed by atoms with Crippen LogP contribution >= 0.6 is 27.5 Å². The Bertz CT molecular complexity index is 714. The first-order valence-corrected chi connectivity index (χ1v) is 6.48. The zero-order valence-corrected chi connectivity index (χ0v) is 12.0. The van der Waals surface area contributed by atoms with Crippen LogP contribution in [0.4, 0.5) is 11.4 Å². The van der Waals surface area contributed by atoms with E-state index in [9.17, 15) is 0 Å². The van der Waals surface area contributed by atoms with Crippen molar-refractivity contribution in [1.82, 2.24) is 0 Å². The zero-order valence-electron chi connectivity index (χ0n) is 9.61. The number of rotatable bonds is 2. The minimum Gasteiger partial charge on any atom is -0.353 e. The standard InChI is InChI=1S/C14H7BrClN3/c15-10-5-4-9(7-17)14(6-10)19-13-3-1-2-12(16)11(13)8-18/h1-6,19H. The molecule has 0 atom stereocenters. The number of halogens is 2. The van der Waals surface area contributed by atoms with Crippen molar-refractivity contribution in [1.29, 1.82) is 10.5 Å². The van der Waals surface area contributed by atoms with E-state index >= 15 is 0 Å². The minimum atomic E-state index is 0.355. The monoisotopic (exact) mass is 331 g/mol. The van der Waals surface area contributed by atoms with Gasteiger partial charge < -0.3 is 5.32 Å². The van der Waals surface area contributed by atoms with E-state index in [1.807, 2.05) is 6.07 Å². The molecule has 0 fully saturated rings. The van der Waals surface area contributed by atoms with Gasteiger partial charge in [0.2, 0.25) is 0 Å². The van der Waals surface area contributed by atoms with Gasteiger partial charge in [-0.2, -0.15) is 10.5 Å². The van der Waals surface area contributed by atoms with Crippen molar-refractivity contribution < 1.29 is 0 Å². The van der Waals surface area contributed by atoms with E-state index in [2.05, 4.69) is 27.3 Å². The second kappa shape index (κ2) is 5.75.